The van der Waals surface area contributed by atoms with Gasteiger partial charge in [0.2, 0.25) is 11.8 Å². The topological polar surface area (TPSA) is 74.9 Å². The van der Waals surface area contributed by atoms with Crippen LogP contribution in [0.3, 0.4) is 0 Å². The van der Waals surface area contributed by atoms with E-state index in [1.807, 2.05) is 17.9 Å². The van der Waals surface area contributed by atoms with Crippen molar-refractivity contribution < 1.29 is 9.13 Å². The molecule has 0 saturated heterocycles. The molecule has 0 bridgehead atoms. The summed E-state index contributed by atoms with van der Waals surface area (Å²) in [6.07, 6.45) is 2.31. The molecular weight excluding hydrogens is 285 g/mol. The highest BCUT2D eigenvalue weighted by atomic mass is 19.1. The fourth-order valence-electron chi connectivity index (χ4n) is 2.66. The second kappa shape index (κ2) is 5.56. The predicted molar refractivity (Wildman–Crippen MR) is 77.0 cm³/mol. The number of anilines is 1. The Bertz CT molecular complexity index is 758. The second-order valence-electron chi connectivity index (χ2n) is 5.01. The van der Waals surface area contributed by atoms with Crippen LogP contribution in [-0.4, -0.2) is 28.6 Å². The number of hydrogen-bond acceptors (Lipinski definition) is 6. The highest BCUT2D eigenvalue weighted by molar-refractivity contribution is 5.48. The lowest BCUT2D eigenvalue weighted by molar-refractivity contribution is 0.408. The minimum Gasteiger partial charge on any atom is -0.496 e. The lowest BCUT2D eigenvalue weighted by Crippen LogP contribution is -2.35. The number of halogens is 1. The van der Waals surface area contributed by atoms with Gasteiger partial charge in [-0.3, -0.25) is 0 Å². The van der Waals surface area contributed by atoms with Gasteiger partial charge in [-0.05, 0) is 6.92 Å². The van der Waals surface area contributed by atoms with Gasteiger partial charge in [0.1, 0.15) is 17.6 Å². The molecule has 0 aliphatic carbocycles. The van der Waals surface area contributed by atoms with Gasteiger partial charge in [0.05, 0.1) is 18.8 Å². The predicted octanol–water partition coefficient (Wildman–Crippen LogP) is 2.01. The molecule has 0 saturated carbocycles. The second-order valence-corrected chi connectivity index (χ2v) is 5.01. The van der Waals surface area contributed by atoms with Crippen molar-refractivity contribution in [3.63, 3.8) is 0 Å². The first-order chi connectivity index (χ1) is 10.6. The van der Waals surface area contributed by atoms with Gasteiger partial charge < -0.3 is 9.64 Å². The zero-order chi connectivity index (χ0) is 15.7. The van der Waals surface area contributed by atoms with Crippen molar-refractivity contribution >= 4 is 5.82 Å². The van der Waals surface area contributed by atoms with Crippen LogP contribution in [0.5, 0.6) is 5.75 Å². The van der Waals surface area contributed by atoms with E-state index >= 15 is 0 Å². The van der Waals surface area contributed by atoms with Crippen LogP contribution >= 0.6 is 0 Å². The Morgan fingerprint density at radius 1 is 1.41 bits per heavy atom. The van der Waals surface area contributed by atoms with Gasteiger partial charge >= 0.3 is 0 Å². The van der Waals surface area contributed by atoms with E-state index in [1.165, 1.54) is 13.2 Å². The van der Waals surface area contributed by atoms with Gasteiger partial charge in [0.15, 0.2) is 0 Å². The lowest BCUT2D eigenvalue weighted by Gasteiger charge is -2.35. The van der Waals surface area contributed by atoms with Gasteiger partial charge in [0.25, 0.3) is 0 Å². The molecule has 0 N–H and O–H groups in total. The van der Waals surface area contributed by atoms with Gasteiger partial charge in [-0.25, -0.2) is 15.0 Å². The minimum absolute atomic E-state index is 0.0597. The van der Waals surface area contributed by atoms with E-state index in [9.17, 15) is 4.39 Å². The molecule has 112 valence electrons. The average Bonchev–Trinajstić information content (AvgIpc) is 2.54. The van der Waals surface area contributed by atoms with Crippen molar-refractivity contribution in [2.75, 3.05) is 18.6 Å². The highest BCUT2D eigenvalue weighted by Crippen LogP contribution is 2.32. The van der Waals surface area contributed by atoms with Gasteiger partial charge in [-0.15, -0.1) is 0 Å². The first-order valence-corrected chi connectivity index (χ1v) is 6.86. The zero-order valence-electron chi connectivity index (χ0n) is 12.2. The Labute approximate surface area is 127 Å². The number of ether oxygens (including phenoxy) is 1. The van der Waals surface area contributed by atoms with Crippen LogP contribution in [0.4, 0.5) is 10.2 Å². The van der Waals surface area contributed by atoms with Crippen LogP contribution in [0.1, 0.15) is 30.0 Å². The molecule has 0 radical (unpaired) electrons. The van der Waals surface area contributed by atoms with Crippen LogP contribution in [0.2, 0.25) is 0 Å². The van der Waals surface area contributed by atoms with Crippen molar-refractivity contribution in [3.8, 4) is 11.8 Å². The Hall–Kier alpha value is -2.75. The molecule has 7 heteroatoms. The number of nitriles is 1. The maximum absolute atomic E-state index is 13.6. The fourth-order valence-corrected chi connectivity index (χ4v) is 2.66. The number of hydrogen-bond donors (Lipinski definition) is 0. The largest absolute Gasteiger partial charge is 0.496 e. The fraction of sp³-hybridized carbons (Fsp3) is 0.333. The van der Waals surface area contributed by atoms with Crippen LogP contribution in [-0.2, 0) is 6.42 Å². The SMILES string of the molecule is COc1cc(F)nc(N2CCc3nc(C#N)ncc3C2C)c1. The third-order valence-electron chi connectivity index (χ3n) is 3.79. The Morgan fingerprint density at radius 2 is 2.23 bits per heavy atom. The van der Waals surface area contributed by atoms with Gasteiger partial charge in [0, 0.05) is 36.9 Å². The molecular formula is C15H14FN5O. The molecule has 1 atom stereocenters. The van der Waals surface area contributed by atoms with Crippen molar-refractivity contribution in [1.29, 1.82) is 5.26 Å². The molecule has 0 fully saturated rings. The zero-order valence-corrected chi connectivity index (χ0v) is 12.2. The van der Waals surface area contributed by atoms with Crippen molar-refractivity contribution in [3.05, 3.63) is 41.4 Å². The third kappa shape index (κ3) is 2.44. The van der Waals surface area contributed by atoms with E-state index in [0.717, 1.165) is 11.3 Å². The quantitative estimate of drug-likeness (QED) is 0.790. The number of methoxy groups -OCH3 is 1. The van der Waals surface area contributed by atoms with Gasteiger partial charge in [-0.1, -0.05) is 0 Å². The van der Waals surface area contributed by atoms with E-state index in [1.54, 1.807) is 12.3 Å². The number of pyridine rings is 1. The molecule has 0 amide bonds. The van der Waals surface area contributed by atoms with Crippen LogP contribution in [0, 0.1) is 17.3 Å². The molecule has 2 aromatic heterocycles. The molecule has 1 aliphatic heterocycles. The molecule has 0 spiro atoms. The van der Waals surface area contributed by atoms with E-state index in [0.29, 0.717) is 24.5 Å². The van der Waals surface area contributed by atoms with Crippen molar-refractivity contribution in [1.82, 2.24) is 15.0 Å². The third-order valence-corrected chi connectivity index (χ3v) is 3.79. The summed E-state index contributed by atoms with van der Waals surface area (Å²) in [5.41, 5.74) is 1.79. The summed E-state index contributed by atoms with van der Waals surface area (Å²) in [5.74, 6) is 0.532. The monoisotopic (exact) mass is 299 g/mol. The van der Waals surface area contributed by atoms with Gasteiger partial charge in [-0.2, -0.15) is 9.65 Å². The lowest BCUT2D eigenvalue weighted by atomic mass is 9.99. The minimum atomic E-state index is -0.580. The van der Waals surface area contributed by atoms with E-state index in [-0.39, 0.29) is 11.9 Å². The number of aromatic nitrogens is 3. The summed E-state index contributed by atoms with van der Waals surface area (Å²) in [6, 6.07) is 4.83. The smallest absolute Gasteiger partial charge is 0.232 e. The standard InChI is InChI=1S/C15H14FN5O/c1-9-11-8-18-14(7-17)19-12(11)3-4-21(9)15-6-10(22-2)5-13(16)20-15/h5-6,8-9H,3-4H2,1-2H3. The molecule has 2 aromatic rings. The first kappa shape index (κ1) is 14.2. The van der Waals surface area contributed by atoms with E-state index < -0.39 is 5.95 Å². The molecule has 3 rings (SSSR count). The molecule has 22 heavy (non-hydrogen) atoms. The Morgan fingerprint density at radius 3 is 2.95 bits per heavy atom. The van der Waals surface area contributed by atoms with E-state index in [2.05, 4.69) is 15.0 Å². The summed E-state index contributed by atoms with van der Waals surface area (Å²) in [5, 5.41) is 8.87. The number of nitrogens with zero attached hydrogens (tertiary/aromatic N) is 5. The van der Waals surface area contributed by atoms with Crippen LogP contribution in [0.25, 0.3) is 0 Å². The maximum atomic E-state index is 13.6. The highest BCUT2D eigenvalue weighted by Gasteiger charge is 2.27. The van der Waals surface area contributed by atoms with Crippen LogP contribution < -0.4 is 9.64 Å². The average molecular weight is 299 g/mol. The Balaban J connectivity index is 1.97. The molecule has 6 nitrogen and oxygen atoms in total. The summed E-state index contributed by atoms with van der Waals surface area (Å²) in [4.78, 5) is 14.2. The molecule has 3 heterocycles. The summed E-state index contributed by atoms with van der Waals surface area (Å²) in [7, 11) is 1.49. The van der Waals surface area contributed by atoms with Crippen molar-refractivity contribution in [2.45, 2.75) is 19.4 Å². The Kier molecular flexibility index (Phi) is 3.59. The summed E-state index contributed by atoms with van der Waals surface area (Å²) in [6.45, 7) is 2.61. The first-order valence-electron chi connectivity index (χ1n) is 6.86. The van der Waals surface area contributed by atoms with E-state index in [4.69, 9.17) is 10.00 Å². The summed E-state index contributed by atoms with van der Waals surface area (Å²) < 4.78 is 18.7. The molecule has 1 aliphatic rings. The number of fused-ring (bicyclic) bond motifs is 1. The maximum Gasteiger partial charge on any atom is 0.232 e. The van der Waals surface area contributed by atoms with Crippen molar-refractivity contribution in [2.24, 2.45) is 0 Å². The normalized spacial score (nSPS) is 16.8. The van der Waals surface area contributed by atoms with Crippen LogP contribution in [0.15, 0.2) is 18.3 Å². The molecule has 1 unspecified atom stereocenters. The molecule has 0 aromatic carbocycles. The number of rotatable bonds is 2. The summed E-state index contributed by atoms with van der Waals surface area (Å²) >= 11 is 0.